The molecule has 4 rings (SSSR count). The second-order valence-corrected chi connectivity index (χ2v) is 45.5. The Morgan fingerprint density at radius 3 is 0.538 bits per heavy atom. The highest BCUT2D eigenvalue weighted by atomic mass is 29.6. The third-order valence-corrected chi connectivity index (χ3v) is 52.6. The van der Waals surface area contributed by atoms with Crippen LogP contribution in [0.15, 0.2) is 0 Å². The van der Waals surface area contributed by atoms with Crippen LogP contribution in [0.5, 0.6) is 0 Å². The predicted octanol–water partition coefficient (Wildman–Crippen LogP) is 6.94. The molecule has 0 aliphatic carbocycles. The van der Waals surface area contributed by atoms with E-state index in [0.717, 1.165) is 26.2 Å². The van der Waals surface area contributed by atoms with Crippen molar-refractivity contribution in [2.45, 2.75) is 210 Å². The van der Waals surface area contributed by atoms with Gasteiger partial charge in [-0.1, -0.05) is 0 Å². The molecule has 0 saturated carbocycles. The van der Waals surface area contributed by atoms with Gasteiger partial charge in [-0.05, 0) is 166 Å². The van der Waals surface area contributed by atoms with Crippen LogP contribution in [-0.4, -0.2) is 164 Å². The summed E-state index contributed by atoms with van der Waals surface area (Å²) in [7, 11) is -8.11. The zero-order valence-electron chi connectivity index (χ0n) is 39.2. The first-order valence-corrected chi connectivity index (χ1v) is 30.4. The highest BCUT2D eigenvalue weighted by molar-refractivity contribution is 7.51. The quantitative estimate of drug-likeness (QED) is 0.244. The van der Waals surface area contributed by atoms with Crippen LogP contribution < -0.4 is 0 Å². The number of nitrogens with zero attached hydrogens (tertiary/aromatic N) is 8. The molecule has 4 fully saturated rings. The summed E-state index contributed by atoms with van der Waals surface area (Å²) < 4.78 is 25.9. The Kier molecular flexibility index (Phi) is 11.6. The lowest BCUT2D eigenvalue weighted by atomic mass is 10.1. The Balaban J connectivity index is 2.53. The van der Waals surface area contributed by atoms with E-state index in [9.17, 15) is 0 Å². The van der Waals surface area contributed by atoms with Crippen molar-refractivity contribution in [1.82, 2.24) is 36.5 Å². The van der Waals surface area contributed by atoms with Crippen molar-refractivity contribution in [3.05, 3.63) is 0 Å². The molecule has 8 nitrogen and oxygen atoms in total. The van der Waals surface area contributed by atoms with Crippen LogP contribution in [0.4, 0.5) is 0 Å². The lowest BCUT2D eigenvalue weighted by molar-refractivity contribution is 0.113. The summed E-state index contributed by atoms with van der Waals surface area (Å²) in [6.07, 6.45) is 0. The molecule has 0 aromatic carbocycles. The summed E-state index contributed by atoms with van der Waals surface area (Å²) in [5, 5.41) is 0. The molecule has 0 radical (unpaired) electrons. The molecule has 12 heteroatoms. The van der Waals surface area contributed by atoms with Crippen molar-refractivity contribution in [3.63, 3.8) is 0 Å². The molecule has 4 aliphatic heterocycles. The first kappa shape index (κ1) is 44.9. The molecule has 0 amide bonds. The summed E-state index contributed by atoms with van der Waals surface area (Å²) in [4.78, 5) is 0. The van der Waals surface area contributed by atoms with E-state index in [0.29, 0.717) is 0 Å². The van der Waals surface area contributed by atoms with Crippen molar-refractivity contribution in [3.8, 4) is 0 Å². The highest BCUT2D eigenvalue weighted by Gasteiger charge is 2.75. The average molecular weight is 794 g/mol. The minimum Gasteiger partial charge on any atom is -0.402 e. The van der Waals surface area contributed by atoms with E-state index in [1.807, 2.05) is 0 Å². The van der Waals surface area contributed by atoms with Crippen molar-refractivity contribution in [2.24, 2.45) is 0 Å². The topological polar surface area (TPSA) is 25.9 Å². The minimum absolute atomic E-state index is 0.0502. The molecule has 4 heterocycles. The molecule has 4 aliphatic rings. The monoisotopic (exact) mass is 793 g/mol. The summed E-state index contributed by atoms with van der Waals surface area (Å²) >= 11 is 0. The van der Waals surface area contributed by atoms with E-state index in [4.69, 9.17) is 0 Å². The molecule has 52 heavy (non-hydrogen) atoms. The van der Waals surface area contributed by atoms with Crippen LogP contribution in [0.3, 0.4) is 0 Å². The van der Waals surface area contributed by atoms with Gasteiger partial charge in [0.1, 0.15) is 0 Å². The Bertz CT molecular complexity index is 1190. The fraction of sp³-hybridized carbons (Fsp3) is 1.00. The normalized spacial score (nSPS) is 26.5. The second-order valence-electron chi connectivity index (χ2n) is 24.5. The Morgan fingerprint density at radius 2 is 0.404 bits per heavy atom. The molecule has 304 valence electrons. The number of hydrogen-bond acceptors (Lipinski definition) is 8. The van der Waals surface area contributed by atoms with Crippen LogP contribution in [0, 0.1) is 0 Å². The summed E-state index contributed by atoms with van der Waals surface area (Å²) in [6, 6.07) is 0. The van der Waals surface area contributed by atoms with Gasteiger partial charge in [0, 0.05) is 96.7 Å². The second kappa shape index (κ2) is 13.4. The van der Waals surface area contributed by atoms with E-state index >= 15 is 0 Å². The average Bonchev–Trinajstić information content (AvgIpc) is 3.46. The van der Waals surface area contributed by atoms with Crippen LogP contribution >= 0.6 is 0 Å². The van der Waals surface area contributed by atoms with Crippen LogP contribution in [0.25, 0.3) is 0 Å². The Labute approximate surface area is 329 Å². The van der Waals surface area contributed by atoms with Crippen molar-refractivity contribution >= 4 is 31.3 Å². The van der Waals surface area contributed by atoms with E-state index < -0.39 is 31.3 Å². The number of rotatable bonds is 0. The summed E-state index contributed by atoms with van der Waals surface area (Å²) in [5.74, 6) is 0. The Morgan fingerprint density at radius 1 is 0.250 bits per heavy atom. The predicted molar refractivity (Wildman–Crippen MR) is 235 cm³/mol. The van der Waals surface area contributed by atoms with Crippen molar-refractivity contribution < 1.29 is 0 Å². The van der Waals surface area contributed by atoms with E-state index in [1.165, 1.54) is 26.2 Å². The zero-order valence-corrected chi connectivity index (χ0v) is 43.2. The third kappa shape index (κ3) is 7.40. The summed E-state index contributed by atoms with van der Waals surface area (Å²) in [6.45, 7) is 71.0. The fourth-order valence-electron chi connectivity index (χ4n) is 10.7. The summed E-state index contributed by atoms with van der Waals surface area (Å²) in [5.41, 5.74) is 0.438. The lowest BCUT2D eigenvalue weighted by Gasteiger charge is -2.69. The first-order chi connectivity index (χ1) is 22.9. The van der Waals surface area contributed by atoms with E-state index in [-0.39, 0.29) is 44.3 Å². The smallest absolute Gasteiger partial charge is 0.312 e. The van der Waals surface area contributed by atoms with Crippen molar-refractivity contribution in [2.75, 3.05) is 52.4 Å². The molecule has 0 bridgehead atoms. The van der Waals surface area contributed by atoms with Gasteiger partial charge < -0.3 is 9.13 Å². The van der Waals surface area contributed by atoms with Gasteiger partial charge >= 0.3 is 16.2 Å². The minimum atomic E-state index is -2.70. The first-order valence-electron chi connectivity index (χ1n) is 20.9. The maximum absolute atomic E-state index is 3.27. The van der Waals surface area contributed by atoms with Gasteiger partial charge in [-0.2, -0.15) is 0 Å². The van der Waals surface area contributed by atoms with Gasteiger partial charge in [-0.3, -0.25) is 27.4 Å². The maximum Gasteiger partial charge on any atom is 0.312 e. The standard InChI is InChI=1S/C40H88N8Si4/c1-33(2,3)41-25-27-43(35(7,8)9)51(45(37(13,14)15)29-30-46(51)38(16,17)18)49(41)50-42(34(4,5)6)26-28-44(36(10,11)12)52(50)47(39(19,20)21)31-32-48(52)40(22,23)24/h25-32H2,1-24H3/b50-49+. The largest absolute Gasteiger partial charge is 0.402 e. The molecular formula is C40H88N8Si4. The zero-order chi connectivity index (χ0) is 40.4. The highest BCUT2D eigenvalue weighted by Crippen LogP contribution is 2.48. The molecular weight excluding hydrogens is 705 g/mol. The van der Waals surface area contributed by atoms with E-state index in [1.54, 1.807) is 0 Å². The Hall–Kier alpha value is 0.228. The van der Waals surface area contributed by atoms with Gasteiger partial charge in [-0.15, -0.1) is 0 Å². The third-order valence-electron chi connectivity index (χ3n) is 12.3. The molecule has 4 saturated heterocycles. The maximum atomic E-state index is 3.27. The van der Waals surface area contributed by atoms with Crippen molar-refractivity contribution in [1.29, 1.82) is 0 Å². The van der Waals surface area contributed by atoms with Crippen LogP contribution in [-0.2, 0) is 0 Å². The van der Waals surface area contributed by atoms with Crippen LogP contribution in [0.2, 0.25) is 0 Å². The molecule has 0 N–H and O–H groups in total. The van der Waals surface area contributed by atoms with Gasteiger partial charge in [0.2, 0.25) is 0 Å². The van der Waals surface area contributed by atoms with Crippen LogP contribution in [0.1, 0.15) is 166 Å². The van der Waals surface area contributed by atoms with Gasteiger partial charge in [0.05, 0.1) is 0 Å². The fourth-order valence-corrected chi connectivity index (χ4v) is 74.0. The molecule has 0 atom stereocenters. The molecule has 0 unspecified atom stereocenters. The van der Waals surface area contributed by atoms with Gasteiger partial charge in [-0.25, -0.2) is 0 Å². The number of hydrogen-bond donors (Lipinski definition) is 0. The molecule has 0 aromatic rings. The SMILES string of the molecule is CC(C)(C)N1CCN(C(C)(C)C)[Si]2(N(C(C)(C)C)CCN2C(C)(C)C)/[Si]1=[Si]1\N(C(C)(C)C)CCN(C(C)(C)C)[Si]12N(C(C)(C)C)CCN2C(C)(C)C. The van der Waals surface area contributed by atoms with E-state index in [2.05, 4.69) is 203 Å². The van der Waals surface area contributed by atoms with Gasteiger partial charge in [0.15, 0.2) is 15.1 Å². The lowest BCUT2D eigenvalue weighted by Crippen LogP contribution is -2.96. The van der Waals surface area contributed by atoms with Gasteiger partial charge in [0.25, 0.3) is 0 Å². The molecule has 0 aromatic heterocycles. The molecule has 2 spiro atoms.